The van der Waals surface area contributed by atoms with Crippen molar-refractivity contribution in [3.8, 4) is 0 Å². The summed E-state index contributed by atoms with van der Waals surface area (Å²) < 4.78 is 35.7. The third kappa shape index (κ3) is 12.3. The number of amides is 1. The average molecular weight is 393 g/mol. The molecular weight excluding hydrogens is 365 g/mol. The molecule has 0 aliphatic heterocycles. The molecule has 0 aromatic carbocycles. The first-order valence-corrected chi connectivity index (χ1v) is 10.2. The van der Waals surface area contributed by atoms with Gasteiger partial charge in [-0.1, -0.05) is 19.6 Å². The van der Waals surface area contributed by atoms with Crippen molar-refractivity contribution in [1.29, 1.82) is 0 Å². The van der Waals surface area contributed by atoms with Crippen LogP contribution in [0.15, 0.2) is 24.3 Å². The quantitative estimate of drug-likeness (QED) is 0.173. The highest BCUT2D eigenvalue weighted by atomic mass is 32.3. The Balaban J connectivity index is 4.32. The van der Waals surface area contributed by atoms with E-state index in [4.69, 9.17) is 9.47 Å². The number of halogens is 1. The Labute approximate surface area is 154 Å². The standard InChI is InChI=1S/C17H28FNO6S/c1-12(2)16(21)24-11-14(25-17(22)13(3)4)9-7-6-8-10-15(20)19-26(5,18)23/h14,26H,1,3,6-11H2,2,4-5H3,(H,19,20,23). The fourth-order valence-corrected chi connectivity index (χ4v) is 2.39. The summed E-state index contributed by atoms with van der Waals surface area (Å²) in [5.41, 5.74) is 0.468. The summed E-state index contributed by atoms with van der Waals surface area (Å²) in [5.74, 6) is -1.77. The lowest BCUT2D eigenvalue weighted by atomic mass is 10.1. The number of rotatable bonds is 12. The van der Waals surface area contributed by atoms with Gasteiger partial charge in [-0.25, -0.2) is 13.8 Å². The van der Waals surface area contributed by atoms with Gasteiger partial charge in [-0.15, -0.1) is 3.89 Å². The van der Waals surface area contributed by atoms with Gasteiger partial charge >= 0.3 is 11.9 Å². The molecule has 0 bridgehead atoms. The summed E-state index contributed by atoms with van der Waals surface area (Å²) in [6.07, 6.45) is 2.30. The Bertz CT molecular complexity index is 598. The van der Waals surface area contributed by atoms with Crippen LogP contribution in [0.1, 0.15) is 46.0 Å². The van der Waals surface area contributed by atoms with Crippen molar-refractivity contribution >= 4 is 28.4 Å². The van der Waals surface area contributed by atoms with E-state index in [9.17, 15) is 22.5 Å². The minimum Gasteiger partial charge on any atom is -0.458 e. The molecule has 1 unspecified atom stereocenters. The van der Waals surface area contributed by atoms with Crippen molar-refractivity contribution in [2.24, 2.45) is 0 Å². The van der Waals surface area contributed by atoms with Gasteiger partial charge in [0.05, 0.1) is 10.5 Å². The SMILES string of the molecule is C=C(C)C(=O)OCC(CCCCCC(=O)N[SH](C)(=O)F)OC(=O)C(=C)C. The number of hydrogen-bond acceptors (Lipinski definition) is 6. The van der Waals surface area contributed by atoms with E-state index in [1.165, 1.54) is 13.8 Å². The molecule has 0 radical (unpaired) electrons. The number of thiol groups is 1. The van der Waals surface area contributed by atoms with Crippen molar-refractivity contribution in [3.63, 3.8) is 0 Å². The Kier molecular flexibility index (Phi) is 10.7. The van der Waals surface area contributed by atoms with Crippen molar-refractivity contribution in [1.82, 2.24) is 4.72 Å². The molecule has 1 N–H and O–H groups in total. The van der Waals surface area contributed by atoms with Crippen molar-refractivity contribution in [2.75, 3.05) is 12.9 Å². The van der Waals surface area contributed by atoms with Gasteiger partial charge in [-0.05, 0) is 33.1 Å². The second-order valence-electron chi connectivity index (χ2n) is 6.14. The second-order valence-corrected chi connectivity index (χ2v) is 8.00. The average Bonchev–Trinajstić information content (AvgIpc) is 2.49. The first-order chi connectivity index (χ1) is 11.9. The summed E-state index contributed by atoms with van der Waals surface area (Å²) in [7, 11) is -4.07. The minimum absolute atomic E-state index is 0.0443. The number of unbranched alkanes of at least 4 members (excludes halogenated alkanes) is 2. The van der Waals surface area contributed by atoms with Crippen LogP contribution in [-0.2, 0) is 34.4 Å². The van der Waals surface area contributed by atoms with Crippen LogP contribution >= 0.6 is 0 Å². The van der Waals surface area contributed by atoms with Gasteiger partial charge < -0.3 is 9.47 Å². The van der Waals surface area contributed by atoms with Gasteiger partial charge in [0.2, 0.25) is 5.91 Å². The minimum atomic E-state index is -4.07. The molecule has 0 heterocycles. The fraction of sp³-hybridized carbons (Fsp3) is 0.588. The smallest absolute Gasteiger partial charge is 0.333 e. The molecule has 0 aromatic heterocycles. The van der Waals surface area contributed by atoms with E-state index in [0.29, 0.717) is 25.7 Å². The van der Waals surface area contributed by atoms with Crippen molar-refractivity contribution in [2.45, 2.75) is 52.1 Å². The Morgan fingerprint density at radius 3 is 2.15 bits per heavy atom. The van der Waals surface area contributed by atoms with E-state index >= 15 is 0 Å². The van der Waals surface area contributed by atoms with E-state index < -0.39 is 34.5 Å². The number of esters is 2. The maximum atomic E-state index is 12.8. The predicted molar refractivity (Wildman–Crippen MR) is 98.3 cm³/mol. The molecule has 0 saturated carbocycles. The largest absolute Gasteiger partial charge is 0.458 e. The summed E-state index contributed by atoms with van der Waals surface area (Å²) in [6.45, 7) is 9.88. The van der Waals surface area contributed by atoms with Crippen LogP contribution in [0, 0.1) is 0 Å². The Hall–Kier alpha value is -2.03. The Morgan fingerprint density at radius 2 is 1.65 bits per heavy atom. The molecule has 0 aliphatic carbocycles. The van der Waals surface area contributed by atoms with Crippen LogP contribution in [-0.4, -0.2) is 41.0 Å². The molecule has 0 aliphatic rings. The highest BCUT2D eigenvalue weighted by molar-refractivity contribution is 7.96. The molecule has 9 heteroatoms. The van der Waals surface area contributed by atoms with E-state index in [1.54, 1.807) is 4.72 Å². The second kappa shape index (κ2) is 11.6. The van der Waals surface area contributed by atoms with E-state index in [2.05, 4.69) is 13.2 Å². The summed E-state index contributed by atoms with van der Waals surface area (Å²) >= 11 is 0. The van der Waals surface area contributed by atoms with Gasteiger partial charge in [0.15, 0.2) is 0 Å². The zero-order chi connectivity index (χ0) is 20.3. The van der Waals surface area contributed by atoms with Crippen molar-refractivity contribution < 1.29 is 32.0 Å². The number of hydrogen-bond donors (Lipinski definition) is 2. The normalized spacial score (nSPS) is 12.6. The van der Waals surface area contributed by atoms with Crippen LogP contribution < -0.4 is 4.72 Å². The zero-order valence-corrected chi connectivity index (χ0v) is 16.4. The lowest BCUT2D eigenvalue weighted by Crippen LogP contribution is -2.31. The number of carbonyl (C=O) groups excluding carboxylic acids is 3. The highest BCUT2D eigenvalue weighted by Crippen LogP contribution is 2.12. The van der Waals surface area contributed by atoms with Crippen LogP contribution in [0.5, 0.6) is 0 Å². The third-order valence-electron chi connectivity index (χ3n) is 3.13. The Morgan fingerprint density at radius 1 is 1.08 bits per heavy atom. The summed E-state index contributed by atoms with van der Waals surface area (Å²) in [5, 5.41) is 0. The van der Waals surface area contributed by atoms with E-state index in [-0.39, 0.29) is 24.2 Å². The van der Waals surface area contributed by atoms with Gasteiger partial charge in [-0.2, -0.15) is 0 Å². The molecule has 0 aromatic rings. The molecule has 0 fully saturated rings. The number of ether oxygens (including phenoxy) is 2. The molecule has 0 rings (SSSR count). The maximum absolute atomic E-state index is 12.8. The molecule has 1 amide bonds. The highest BCUT2D eigenvalue weighted by Gasteiger charge is 2.18. The molecule has 26 heavy (non-hydrogen) atoms. The monoisotopic (exact) mass is 393 g/mol. The molecular formula is C17H28FNO6S. The van der Waals surface area contributed by atoms with Gasteiger partial charge in [0, 0.05) is 23.8 Å². The molecule has 0 saturated heterocycles. The maximum Gasteiger partial charge on any atom is 0.333 e. The third-order valence-corrected chi connectivity index (χ3v) is 3.77. The summed E-state index contributed by atoms with van der Waals surface area (Å²) in [6, 6.07) is 0. The van der Waals surface area contributed by atoms with Gasteiger partial charge in [0.25, 0.3) is 0 Å². The first-order valence-electron chi connectivity index (χ1n) is 8.19. The predicted octanol–water partition coefficient (Wildman–Crippen LogP) is 2.11. The van der Waals surface area contributed by atoms with Crippen LogP contribution in [0.25, 0.3) is 0 Å². The fourth-order valence-electron chi connectivity index (χ4n) is 1.83. The van der Waals surface area contributed by atoms with Crippen LogP contribution in [0.2, 0.25) is 0 Å². The topological polar surface area (TPSA) is 98.8 Å². The number of nitrogens with one attached hydrogen (secondary N) is 1. The van der Waals surface area contributed by atoms with E-state index in [1.807, 2.05) is 0 Å². The molecule has 7 nitrogen and oxygen atoms in total. The number of carbonyl (C=O) groups is 3. The first kappa shape index (κ1) is 24.0. The van der Waals surface area contributed by atoms with Crippen LogP contribution in [0.3, 0.4) is 0 Å². The lowest BCUT2D eigenvalue weighted by molar-refractivity contribution is -0.154. The van der Waals surface area contributed by atoms with Gasteiger partial charge in [-0.3, -0.25) is 9.52 Å². The van der Waals surface area contributed by atoms with E-state index in [0.717, 1.165) is 6.26 Å². The molecule has 150 valence electrons. The van der Waals surface area contributed by atoms with Crippen molar-refractivity contribution in [3.05, 3.63) is 24.3 Å². The summed E-state index contributed by atoms with van der Waals surface area (Å²) in [4.78, 5) is 34.5. The lowest BCUT2D eigenvalue weighted by Gasteiger charge is -2.18. The molecule has 0 spiro atoms. The van der Waals surface area contributed by atoms with Gasteiger partial charge in [0.1, 0.15) is 12.7 Å². The van der Waals surface area contributed by atoms with Crippen LogP contribution in [0.4, 0.5) is 3.89 Å². The zero-order valence-electron chi connectivity index (χ0n) is 15.5. The molecule has 1 atom stereocenters.